The first kappa shape index (κ1) is 32.1. The molecule has 1 saturated heterocycles. The number of carbonyl (C=O) groups is 2. The lowest BCUT2D eigenvalue weighted by Crippen LogP contribution is -2.54. The number of likely N-dealkylation sites (tertiary alicyclic amines) is 1. The molecule has 1 N–H and O–H groups in total. The quantitative estimate of drug-likeness (QED) is 0.332. The van der Waals surface area contributed by atoms with Crippen LogP contribution in [-0.4, -0.2) is 60.2 Å². The topological polar surface area (TPSA) is 105 Å². The number of aliphatic carboxylic acids is 1. The molecule has 16 heteroatoms. The summed E-state index contributed by atoms with van der Waals surface area (Å²) < 4.78 is 136. The maximum atomic E-state index is 14.9. The van der Waals surface area contributed by atoms with Crippen LogP contribution in [0.5, 0.6) is 0 Å². The zero-order valence-corrected chi connectivity index (χ0v) is 23.6. The number of hydrogen-bond acceptors (Lipinski definition) is 5. The number of aromatic nitrogens is 1. The fourth-order valence-electron chi connectivity index (χ4n) is 6.95. The average Bonchev–Trinajstić information content (AvgIpc) is 3.37. The van der Waals surface area contributed by atoms with Crippen LogP contribution in [0.3, 0.4) is 0 Å². The summed E-state index contributed by atoms with van der Waals surface area (Å²) in [6.45, 7) is -0.151. The van der Waals surface area contributed by atoms with Gasteiger partial charge >= 0.3 is 24.0 Å². The van der Waals surface area contributed by atoms with Crippen LogP contribution in [0.1, 0.15) is 55.3 Å². The van der Waals surface area contributed by atoms with Crippen molar-refractivity contribution < 1.29 is 58.2 Å². The number of benzene rings is 1. The largest absolute Gasteiger partial charge is 0.481 e. The molecule has 2 aromatic rings. The number of nitrogens with zero attached hydrogens (tertiary/aromatic N) is 2. The first-order chi connectivity index (χ1) is 20.4. The summed E-state index contributed by atoms with van der Waals surface area (Å²) in [4.78, 5) is 29.2. The number of hydrogen-bond donors (Lipinski definition) is 1. The highest BCUT2D eigenvalue weighted by Gasteiger charge is 2.75. The van der Waals surface area contributed by atoms with Crippen molar-refractivity contribution in [1.29, 1.82) is 0 Å². The number of fused-ring (bicyclic) bond motifs is 3. The minimum atomic E-state index is -6.43. The summed E-state index contributed by atoms with van der Waals surface area (Å²) >= 11 is 0. The third kappa shape index (κ3) is 4.74. The van der Waals surface area contributed by atoms with E-state index in [1.165, 1.54) is 4.90 Å². The average molecular weight is 655 g/mol. The highest BCUT2D eigenvalue weighted by Crippen LogP contribution is 2.56. The molecule has 0 spiro atoms. The molecular formula is C28H26F8N2O5S. The lowest BCUT2D eigenvalue weighted by Gasteiger charge is -2.43. The van der Waals surface area contributed by atoms with Gasteiger partial charge in [-0.05, 0) is 86.4 Å². The molecule has 1 aromatic heterocycles. The monoisotopic (exact) mass is 654 g/mol. The van der Waals surface area contributed by atoms with Crippen molar-refractivity contribution in [2.75, 3.05) is 6.54 Å². The maximum absolute atomic E-state index is 14.9. The van der Waals surface area contributed by atoms with Crippen molar-refractivity contribution in [3.63, 3.8) is 0 Å². The molecule has 2 aliphatic carbocycles. The Morgan fingerprint density at radius 3 is 2.02 bits per heavy atom. The van der Waals surface area contributed by atoms with Crippen LogP contribution < -0.4 is 0 Å². The van der Waals surface area contributed by atoms with E-state index in [1.54, 1.807) is 0 Å². The van der Waals surface area contributed by atoms with E-state index in [0.29, 0.717) is 6.20 Å². The summed E-state index contributed by atoms with van der Waals surface area (Å²) in [5, 5.41) is 9.29. The molecule has 7 nitrogen and oxygen atoms in total. The van der Waals surface area contributed by atoms with Gasteiger partial charge < -0.3 is 10.0 Å². The number of pyridine rings is 1. The van der Waals surface area contributed by atoms with Crippen LogP contribution >= 0.6 is 0 Å². The van der Waals surface area contributed by atoms with Gasteiger partial charge in [-0.15, -0.1) is 0 Å². The van der Waals surface area contributed by atoms with Crippen LogP contribution in [0.15, 0.2) is 41.4 Å². The number of alkyl halides is 7. The SMILES string of the molecule is O=C(O)C1CCC(C(=O)N2CCC3(S(=O)(=O)c4ccc(F)cc4)c4cnc(C(F)(C(F)(F)F)C(F)(F)F)cc4CCC23)CC1. The second kappa shape index (κ2) is 10.7. The molecule has 1 saturated carbocycles. The zero-order valence-electron chi connectivity index (χ0n) is 22.8. The summed E-state index contributed by atoms with van der Waals surface area (Å²) in [6, 6.07) is 2.81. The molecule has 1 aromatic carbocycles. The fourth-order valence-corrected chi connectivity index (χ4v) is 9.30. The number of carboxylic acids is 1. The van der Waals surface area contributed by atoms with Crippen molar-refractivity contribution in [3.05, 3.63) is 59.2 Å². The maximum Gasteiger partial charge on any atom is 0.437 e. The van der Waals surface area contributed by atoms with E-state index >= 15 is 0 Å². The number of carbonyl (C=O) groups excluding carboxylic acids is 1. The van der Waals surface area contributed by atoms with Crippen LogP contribution in [-0.2, 0) is 36.3 Å². The molecule has 1 amide bonds. The smallest absolute Gasteiger partial charge is 0.437 e. The van der Waals surface area contributed by atoms with E-state index in [4.69, 9.17) is 0 Å². The van der Waals surface area contributed by atoms with Gasteiger partial charge in [0.1, 0.15) is 10.6 Å². The van der Waals surface area contributed by atoms with Crippen LogP contribution in [0, 0.1) is 17.7 Å². The highest BCUT2D eigenvalue weighted by molar-refractivity contribution is 7.92. The highest BCUT2D eigenvalue weighted by atomic mass is 32.2. The van der Waals surface area contributed by atoms with E-state index in [-0.39, 0.29) is 68.7 Å². The number of halogens is 8. The summed E-state index contributed by atoms with van der Waals surface area (Å²) in [5.74, 6) is -3.46. The van der Waals surface area contributed by atoms with Crippen molar-refractivity contribution in [2.24, 2.45) is 11.8 Å². The van der Waals surface area contributed by atoms with E-state index < -0.39 is 78.8 Å². The minimum Gasteiger partial charge on any atom is -0.481 e. The van der Waals surface area contributed by atoms with Gasteiger partial charge in [-0.1, -0.05) is 0 Å². The molecule has 2 heterocycles. The Morgan fingerprint density at radius 1 is 0.909 bits per heavy atom. The molecule has 5 rings (SSSR count). The molecule has 240 valence electrons. The first-order valence-corrected chi connectivity index (χ1v) is 15.2. The van der Waals surface area contributed by atoms with Crippen molar-refractivity contribution in [3.8, 4) is 0 Å². The Morgan fingerprint density at radius 2 is 1.48 bits per heavy atom. The van der Waals surface area contributed by atoms with Gasteiger partial charge in [-0.2, -0.15) is 26.3 Å². The fraction of sp³-hybridized carbons (Fsp3) is 0.536. The van der Waals surface area contributed by atoms with E-state index in [2.05, 4.69) is 4.98 Å². The molecule has 44 heavy (non-hydrogen) atoms. The number of aryl methyl sites for hydroxylation is 1. The Hall–Kier alpha value is -3.30. The molecule has 1 aliphatic heterocycles. The minimum absolute atomic E-state index is 0.151. The second-order valence-corrected chi connectivity index (χ2v) is 13.7. The van der Waals surface area contributed by atoms with Crippen LogP contribution in [0.25, 0.3) is 0 Å². The molecule has 0 radical (unpaired) electrons. The zero-order chi connectivity index (χ0) is 32.5. The van der Waals surface area contributed by atoms with Gasteiger partial charge in [0.05, 0.1) is 22.5 Å². The summed E-state index contributed by atoms with van der Waals surface area (Å²) in [6.07, 6.45) is -12.3. The van der Waals surface area contributed by atoms with Crippen LogP contribution in [0.2, 0.25) is 0 Å². The van der Waals surface area contributed by atoms with Gasteiger partial charge in [0.2, 0.25) is 5.91 Å². The Labute approximate surface area is 246 Å². The third-order valence-corrected chi connectivity index (χ3v) is 11.8. The number of amides is 1. The molecule has 2 fully saturated rings. The Kier molecular flexibility index (Phi) is 7.77. The standard InChI is InChI=1S/C28H26F8N2O5S/c29-18-6-8-19(9-7-18)44(42,43)25-11-12-38(23(39)15-1-3-16(4-2-15)24(40)41)22(25)10-5-17-13-21(37-14-20(17)25)26(30,27(31,32)33)28(34,35)36/h6-9,13-16,22H,1-5,10-12H2,(H,40,41). The number of carboxylic acid groups (broad SMARTS) is 1. The summed E-state index contributed by atoms with van der Waals surface area (Å²) in [5.41, 5.74) is -8.39. The summed E-state index contributed by atoms with van der Waals surface area (Å²) in [7, 11) is -4.63. The Bertz CT molecular complexity index is 1560. The lowest BCUT2D eigenvalue weighted by molar-refractivity contribution is -0.350. The van der Waals surface area contributed by atoms with Gasteiger partial charge in [0, 0.05) is 18.7 Å². The van der Waals surface area contributed by atoms with Gasteiger partial charge in [-0.25, -0.2) is 17.2 Å². The van der Waals surface area contributed by atoms with Crippen LogP contribution in [0.4, 0.5) is 35.1 Å². The van der Waals surface area contributed by atoms with E-state index in [1.807, 2.05) is 0 Å². The molecular weight excluding hydrogens is 628 g/mol. The van der Waals surface area contributed by atoms with E-state index in [9.17, 15) is 58.2 Å². The number of rotatable bonds is 5. The molecule has 2 atom stereocenters. The predicted molar refractivity (Wildman–Crippen MR) is 136 cm³/mol. The molecule has 0 bridgehead atoms. The van der Waals surface area contributed by atoms with Crippen molar-refractivity contribution in [2.45, 2.75) is 78.7 Å². The van der Waals surface area contributed by atoms with Gasteiger partial charge in [-0.3, -0.25) is 14.6 Å². The van der Waals surface area contributed by atoms with Gasteiger partial charge in [0.15, 0.2) is 9.84 Å². The number of sulfone groups is 1. The van der Waals surface area contributed by atoms with E-state index in [0.717, 1.165) is 24.3 Å². The normalized spacial score (nSPS) is 26.2. The lowest BCUT2D eigenvalue weighted by atomic mass is 9.78. The molecule has 3 aliphatic rings. The second-order valence-electron chi connectivity index (χ2n) is 11.5. The first-order valence-electron chi connectivity index (χ1n) is 13.7. The van der Waals surface area contributed by atoms with Crippen molar-refractivity contribution in [1.82, 2.24) is 9.88 Å². The van der Waals surface area contributed by atoms with Crippen molar-refractivity contribution >= 4 is 21.7 Å². The van der Waals surface area contributed by atoms with Gasteiger partial charge in [0.25, 0.3) is 0 Å². The third-order valence-electron chi connectivity index (χ3n) is 9.22. The predicted octanol–water partition coefficient (Wildman–Crippen LogP) is 5.62. The Balaban J connectivity index is 1.62. The molecule has 2 unspecified atom stereocenters.